The van der Waals surface area contributed by atoms with Crippen LogP contribution in [-0.4, -0.2) is 48.0 Å². The Kier molecular flexibility index (Phi) is 4.73. The molecule has 0 unspecified atom stereocenters. The molecule has 0 saturated carbocycles. The Hall–Kier alpha value is -4.31. The van der Waals surface area contributed by atoms with E-state index in [1.807, 2.05) is 29.2 Å². The van der Waals surface area contributed by atoms with E-state index in [0.29, 0.717) is 12.1 Å². The lowest BCUT2D eigenvalue weighted by atomic mass is 9.96. The SMILES string of the molecule is N#CC[C@@H]([C@H]1CCN(c2ccnnc2C#N)C1)n1cc(-c2ncnc3[nH]ccc23)cn1. The monoisotopic (exact) mass is 410 g/mol. The molecule has 31 heavy (non-hydrogen) atoms. The molecule has 0 amide bonds. The van der Waals surface area contributed by atoms with Crippen LogP contribution in [0, 0.1) is 28.6 Å². The van der Waals surface area contributed by atoms with Gasteiger partial charge in [-0.25, -0.2) is 9.97 Å². The second-order valence-electron chi connectivity index (χ2n) is 7.47. The zero-order chi connectivity index (χ0) is 21.2. The number of aromatic amines is 1. The molecule has 0 bridgehead atoms. The molecule has 0 spiro atoms. The summed E-state index contributed by atoms with van der Waals surface area (Å²) in [6, 6.07) is 8.10. The summed E-state index contributed by atoms with van der Waals surface area (Å²) in [5.41, 5.74) is 3.57. The molecule has 1 aliphatic rings. The quantitative estimate of drug-likeness (QED) is 0.530. The van der Waals surface area contributed by atoms with Gasteiger partial charge >= 0.3 is 0 Å². The number of fused-ring (bicyclic) bond motifs is 1. The van der Waals surface area contributed by atoms with E-state index >= 15 is 0 Å². The van der Waals surface area contributed by atoms with Crippen LogP contribution in [0.3, 0.4) is 0 Å². The standard InChI is InChI=1S/C21H18N10/c22-5-1-18(14-4-8-30(11-14)19-3-7-27-29-17(19)9-23)31-12-15(10-28-31)20-16-2-6-24-21(16)26-13-25-20/h2-3,6-7,10,12-14,18H,1,4,8,11H2,(H,24,25,26)/t14-,18-/m0/s1. The fraction of sp³-hybridized carbons (Fsp3) is 0.286. The van der Waals surface area contributed by atoms with Gasteiger partial charge in [0.25, 0.3) is 0 Å². The predicted molar refractivity (Wildman–Crippen MR) is 111 cm³/mol. The van der Waals surface area contributed by atoms with Crippen LogP contribution in [0.2, 0.25) is 0 Å². The fourth-order valence-electron chi connectivity index (χ4n) is 4.29. The summed E-state index contributed by atoms with van der Waals surface area (Å²) in [6.45, 7) is 1.51. The highest BCUT2D eigenvalue weighted by Gasteiger charge is 2.32. The van der Waals surface area contributed by atoms with E-state index in [9.17, 15) is 10.5 Å². The van der Waals surface area contributed by atoms with Crippen LogP contribution in [0.5, 0.6) is 0 Å². The van der Waals surface area contributed by atoms with Gasteiger partial charge < -0.3 is 9.88 Å². The molecule has 5 heterocycles. The zero-order valence-electron chi connectivity index (χ0n) is 16.5. The molecule has 4 aromatic heterocycles. The minimum atomic E-state index is -0.0763. The van der Waals surface area contributed by atoms with E-state index < -0.39 is 0 Å². The van der Waals surface area contributed by atoms with E-state index in [2.05, 4.69) is 47.3 Å². The molecule has 1 N–H and O–H groups in total. The Morgan fingerprint density at radius 3 is 3.06 bits per heavy atom. The summed E-state index contributed by atoms with van der Waals surface area (Å²) in [5, 5.41) is 32.0. The number of hydrogen-bond acceptors (Lipinski definition) is 8. The summed E-state index contributed by atoms with van der Waals surface area (Å²) < 4.78 is 1.88. The molecule has 0 radical (unpaired) electrons. The smallest absolute Gasteiger partial charge is 0.186 e. The summed E-state index contributed by atoms with van der Waals surface area (Å²) in [6.07, 6.45) is 9.94. The van der Waals surface area contributed by atoms with Crippen LogP contribution >= 0.6 is 0 Å². The Morgan fingerprint density at radius 1 is 1.26 bits per heavy atom. The van der Waals surface area contributed by atoms with Gasteiger partial charge in [-0.1, -0.05) is 0 Å². The lowest BCUT2D eigenvalue weighted by molar-refractivity contribution is 0.332. The van der Waals surface area contributed by atoms with Crippen molar-refractivity contribution in [2.75, 3.05) is 18.0 Å². The molecule has 5 rings (SSSR count). The highest BCUT2D eigenvalue weighted by atomic mass is 15.3. The molecule has 10 nitrogen and oxygen atoms in total. The average Bonchev–Trinajstić information content (AvgIpc) is 3.57. The molecule has 0 aromatic carbocycles. The van der Waals surface area contributed by atoms with Crippen molar-refractivity contribution in [3.8, 4) is 23.4 Å². The molecule has 1 aliphatic heterocycles. The van der Waals surface area contributed by atoms with Crippen molar-refractivity contribution in [3.05, 3.63) is 48.9 Å². The third-order valence-electron chi connectivity index (χ3n) is 5.78. The van der Waals surface area contributed by atoms with Crippen molar-refractivity contribution >= 4 is 16.7 Å². The van der Waals surface area contributed by atoms with Gasteiger partial charge in [-0.3, -0.25) is 4.68 Å². The highest BCUT2D eigenvalue weighted by molar-refractivity contribution is 5.89. The molecule has 4 aromatic rings. The molecule has 1 saturated heterocycles. The minimum absolute atomic E-state index is 0.0763. The van der Waals surface area contributed by atoms with E-state index in [0.717, 1.165) is 47.5 Å². The number of hydrogen-bond donors (Lipinski definition) is 1. The number of rotatable bonds is 5. The van der Waals surface area contributed by atoms with Gasteiger partial charge in [-0.2, -0.15) is 20.7 Å². The highest BCUT2D eigenvalue weighted by Crippen LogP contribution is 2.34. The van der Waals surface area contributed by atoms with E-state index in [-0.39, 0.29) is 12.0 Å². The second-order valence-corrected chi connectivity index (χ2v) is 7.47. The van der Waals surface area contributed by atoms with E-state index in [1.165, 1.54) is 6.33 Å². The maximum Gasteiger partial charge on any atom is 0.186 e. The number of H-pyrrole nitrogens is 1. The molecule has 10 heteroatoms. The number of nitriles is 2. The van der Waals surface area contributed by atoms with Crippen LogP contribution in [0.4, 0.5) is 5.69 Å². The molecule has 2 atom stereocenters. The maximum atomic E-state index is 9.47. The first kappa shape index (κ1) is 18.7. The van der Waals surface area contributed by atoms with Crippen molar-refractivity contribution < 1.29 is 0 Å². The van der Waals surface area contributed by atoms with Gasteiger partial charge in [-0.15, -0.1) is 5.10 Å². The third-order valence-corrected chi connectivity index (χ3v) is 5.78. The van der Waals surface area contributed by atoms with Gasteiger partial charge in [-0.05, 0) is 18.6 Å². The summed E-state index contributed by atoms with van der Waals surface area (Å²) in [4.78, 5) is 13.9. The number of nitrogens with one attached hydrogen (secondary N) is 1. The van der Waals surface area contributed by atoms with E-state index in [4.69, 9.17) is 0 Å². The summed E-state index contributed by atoms with van der Waals surface area (Å²) in [7, 11) is 0. The average molecular weight is 410 g/mol. The molecular formula is C21H18N10. The van der Waals surface area contributed by atoms with Crippen molar-refractivity contribution in [3.63, 3.8) is 0 Å². The summed E-state index contributed by atoms with van der Waals surface area (Å²) >= 11 is 0. The van der Waals surface area contributed by atoms with E-state index in [1.54, 1.807) is 12.4 Å². The molecule has 0 aliphatic carbocycles. The van der Waals surface area contributed by atoms with Gasteiger partial charge in [0.15, 0.2) is 5.69 Å². The molecule has 1 fully saturated rings. The third kappa shape index (κ3) is 3.34. The van der Waals surface area contributed by atoms with Gasteiger partial charge in [0.1, 0.15) is 18.0 Å². The van der Waals surface area contributed by atoms with Gasteiger partial charge in [0, 0.05) is 42.4 Å². The van der Waals surface area contributed by atoms with Gasteiger partial charge in [0.05, 0.1) is 42.3 Å². The van der Waals surface area contributed by atoms with Crippen molar-refractivity contribution in [2.45, 2.75) is 18.9 Å². The number of nitrogens with zero attached hydrogens (tertiary/aromatic N) is 9. The summed E-state index contributed by atoms with van der Waals surface area (Å²) in [5.74, 6) is 0.213. The lowest BCUT2D eigenvalue weighted by Gasteiger charge is -2.23. The zero-order valence-corrected chi connectivity index (χ0v) is 16.5. The first-order valence-corrected chi connectivity index (χ1v) is 9.94. The van der Waals surface area contributed by atoms with Gasteiger partial charge in [0.2, 0.25) is 0 Å². The normalized spacial score (nSPS) is 16.8. The Labute approximate surface area is 177 Å². The number of anilines is 1. The van der Waals surface area contributed by atoms with Crippen molar-refractivity contribution in [2.24, 2.45) is 5.92 Å². The first-order valence-electron chi connectivity index (χ1n) is 9.94. The van der Waals surface area contributed by atoms with Crippen LogP contribution in [-0.2, 0) is 0 Å². The predicted octanol–water partition coefficient (Wildman–Crippen LogP) is 2.46. The van der Waals surface area contributed by atoms with Crippen molar-refractivity contribution in [1.29, 1.82) is 10.5 Å². The lowest BCUT2D eigenvalue weighted by Crippen LogP contribution is -2.25. The molecular weight excluding hydrogens is 392 g/mol. The Balaban J connectivity index is 1.42. The van der Waals surface area contributed by atoms with Crippen LogP contribution < -0.4 is 4.90 Å². The topological polar surface area (TPSA) is 136 Å². The Morgan fingerprint density at radius 2 is 2.19 bits per heavy atom. The van der Waals surface area contributed by atoms with Crippen LogP contribution in [0.15, 0.2) is 43.2 Å². The maximum absolute atomic E-state index is 9.47. The Bertz CT molecular complexity index is 1310. The van der Waals surface area contributed by atoms with Crippen molar-refractivity contribution in [1.82, 2.24) is 34.9 Å². The fourth-order valence-corrected chi connectivity index (χ4v) is 4.29. The second kappa shape index (κ2) is 7.84. The van der Waals surface area contributed by atoms with Crippen LogP contribution in [0.1, 0.15) is 24.6 Å². The molecule has 152 valence electrons. The number of aromatic nitrogens is 7. The first-order chi connectivity index (χ1) is 15.3. The largest absolute Gasteiger partial charge is 0.369 e. The van der Waals surface area contributed by atoms with Crippen LogP contribution in [0.25, 0.3) is 22.3 Å². The minimum Gasteiger partial charge on any atom is -0.369 e.